The second-order valence-corrected chi connectivity index (χ2v) is 2.46. The van der Waals surface area contributed by atoms with Crippen molar-refractivity contribution in [2.24, 2.45) is 0 Å². The number of hydrogen-bond acceptors (Lipinski definition) is 2. The molecule has 13 heavy (non-hydrogen) atoms. The predicted octanol–water partition coefficient (Wildman–Crippen LogP) is -1.87. The summed E-state index contributed by atoms with van der Waals surface area (Å²) in [6.45, 7) is 0. The van der Waals surface area contributed by atoms with Gasteiger partial charge in [0.25, 0.3) is 5.97 Å². The van der Waals surface area contributed by atoms with Crippen molar-refractivity contribution in [3.05, 3.63) is 35.8 Å². The Morgan fingerprint density at radius 2 is 2.38 bits per heavy atom. The van der Waals surface area contributed by atoms with Gasteiger partial charge in [-0.1, -0.05) is 6.07 Å². The van der Waals surface area contributed by atoms with Crippen LogP contribution in [0.5, 0.6) is 0 Å². The number of nitrogens with one attached hydrogen (secondary N) is 1. The minimum atomic E-state index is -1.10. The van der Waals surface area contributed by atoms with E-state index in [9.17, 15) is 4.79 Å². The third kappa shape index (κ3) is 4.09. The molecule has 0 radical (unpaired) electrons. The number of pyridine rings is 1. The molecule has 1 aromatic rings. The summed E-state index contributed by atoms with van der Waals surface area (Å²) >= 11 is 0. The maximum absolute atomic E-state index is 10.3. The Bertz CT molecular complexity index is 266. The number of carboxylic acids is 1. The molecule has 1 heterocycles. The molecule has 0 amide bonds. The van der Waals surface area contributed by atoms with Gasteiger partial charge in [-0.25, -0.2) is 0 Å². The molecule has 0 aliphatic carbocycles. The van der Waals surface area contributed by atoms with E-state index in [1.54, 1.807) is 24.5 Å². The van der Waals surface area contributed by atoms with Gasteiger partial charge in [0.1, 0.15) is 0 Å². The fourth-order valence-electron chi connectivity index (χ4n) is 0.842. The Morgan fingerprint density at radius 3 is 2.85 bits per heavy atom. The van der Waals surface area contributed by atoms with Gasteiger partial charge in [0.2, 0.25) is 0 Å². The summed E-state index contributed by atoms with van der Waals surface area (Å²) in [5, 5.41) is 8.44. The second-order valence-electron chi connectivity index (χ2n) is 2.46. The summed E-state index contributed by atoms with van der Waals surface area (Å²) in [5.74, 6) is -1.10. The smallest absolute Gasteiger partial charge is 0.665 e. The SMILES string of the molecule is [Li+].[NH-][C@@H](Cc1cccnc1)C(=O)O. The molecule has 0 aliphatic heterocycles. The van der Waals surface area contributed by atoms with E-state index >= 15 is 0 Å². The molecule has 1 aromatic heterocycles. The topological polar surface area (TPSA) is 74.0 Å². The second kappa shape index (κ2) is 5.76. The fourth-order valence-corrected chi connectivity index (χ4v) is 0.842. The summed E-state index contributed by atoms with van der Waals surface area (Å²) in [7, 11) is 0. The van der Waals surface area contributed by atoms with E-state index in [-0.39, 0.29) is 25.3 Å². The molecule has 0 saturated carbocycles. The predicted molar refractivity (Wildman–Crippen MR) is 43.7 cm³/mol. The van der Waals surface area contributed by atoms with E-state index in [0.717, 1.165) is 5.56 Å². The van der Waals surface area contributed by atoms with Gasteiger partial charge >= 0.3 is 18.9 Å². The minimum absolute atomic E-state index is 0. The molecule has 0 unspecified atom stereocenters. The Labute approximate surface area is 88.3 Å². The average molecular weight is 172 g/mol. The Hall–Kier alpha value is -0.823. The fraction of sp³-hybridized carbons (Fsp3) is 0.250. The van der Waals surface area contributed by atoms with E-state index in [4.69, 9.17) is 10.8 Å². The molecule has 2 N–H and O–H groups in total. The van der Waals surface area contributed by atoms with Crippen molar-refractivity contribution in [3.63, 3.8) is 0 Å². The molecule has 1 atom stereocenters. The van der Waals surface area contributed by atoms with Crippen molar-refractivity contribution >= 4 is 5.97 Å². The number of aromatic nitrogens is 1. The standard InChI is InChI=1S/C8H9N2O2.Li/c9-7(8(11)12)4-6-2-1-3-10-5-6;/h1-3,5,7,9H,4H2,(H,11,12);/q-1;+1/t7-;/m0./s1. The number of carbonyl (C=O) groups is 1. The van der Waals surface area contributed by atoms with Crippen LogP contribution < -0.4 is 18.9 Å². The van der Waals surface area contributed by atoms with E-state index < -0.39 is 12.0 Å². The van der Waals surface area contributed by atoms with Gasteiger partial charge in [-0.2, -0.15) is 0 Å². The molecule has 0 fully saturated rings. The van der Waals surface area contributed by atoms with Crippen LogP contribution in [0, 0.1) is 0 Å². The number of nitrogens with zero attached hydrogens (tertiary/aromatic N) is 1. The first-order valence-corrected chi connectivity index (χ1v) is 3.53. The van der Waals surface area contributed by atoms with Crippen LogP contribution in [-0.2, 0) is 11.2 Å². The summed E-state index contributed by atoms with van der Waals surface area (Å²) < 4.78 is 0. The van der Waals surface area contributed by atoms with Gasteiger partial charge in [0, 0.05) is 12.4 Å². The van der Waals surface area contributed by atoms with Crippen molar-refractivity contribution in [3.8, 4) is 0 Å². The van der Waals surface area contributed by atoms with Gasteiger partial charge < -0.3 is 10.8 Å². The molecular formula is C8H9LiN2O2. The number of hydrogen-bond donors (Lipinski definition) is 1. The molecular weight excluding hydrogens is 163 g/mol. The van der Waals surface area contributed by atoms with Crippen LogP contribution in [0.25, 0.3) is 5.73 Å². The first-order valence-electron chi connectivity index (χ1n) is 3.53. The molecule has 1 rings (SSSR count). The van der Waals surface area contributed by atoms with E-state index in [1.807, 2.05) is 0 Å². The summed E-state index contributed by atoms with van der Waals surface area (Å²) in [5.41, 5.74) is 7.91. The first kappa shape index (κ1) is 12.2. The van der Waals surface area contributed by atoms with Crippen molar-refractivity contribution in [1.29, 1.82) is 0 Å². The van der Waals surface area contributed by atoms with Crippen molar-refractivity contribution in [1.82, 2.24) is 4.98 Å². The van der Waals surface area contributed by atoms with Crippen molar-refractivity contribution in [2.45, 2.75) is 12.5 Å². The molecule has 0 aromatic carbocycles. The number of carboxylic acid groups (broad SMARTS) is 1. The molecule has 0 bridgehead atoms. The minimum Gasteiger partial charge on any atom is -0.665 e. The van der Waals surface area contributed by atoms with E-state index in [1.165, 1.54) is 0 Å². The zero-order chi connectivity index (χ0) is 8.97. The van der Waals surface area contributed by atoms with Crippen LogP contribution in [0.15, 0.2) is 24.5 Å². The van der Waals surface area contributed by atoms with E-state index in [2.05, 4.69) is 4.98 Å². The molecule has 5 heteroatoms. The third-order valence-corrected chi connectivity index (χ3v) is 1.46. The zero-order valence-corrected chi connectivity index (χ0v) is 7.40. The molecule has 4 nitrogen and oxygen atoms in total. The third-order valence-electron chi connectivity index (χ3n) is 1.46. The van der Waals surface area contributed by atoms with E-state index in [0.29, 0.717) is 0 Å². The van der Waals surface area contributed by atoms with Gasteiger partial charge in [-0.15, -0.1) is 0 Å². The average Bonchev–Trinajstić information content (AvgIpc) is 2.06. The van der Waals surface area contributed by atoms with Crippen LogP contribution in [0.3, 0.4) is 0 Å². The molecule has 0 aliphatic rings. The summed E-state index contributed by atoms with van der Waals surface area (Å²) in [6, 6.07) is 2.40. The van der Waals surface area contributed by atoms with Gasteiger partial charge in [0.05, 0.1) is 0 Å². The molecule has 0 saturated heterocycles. The Morgan fingerprint density at radius 1 is 1.69 bits per heavy atom. The molecule has 64 valence electrons. The zero-order valence-electron chi connectivity index (χ0n) is 7.40. The molecule has 0 spiro atoms. The summed E-state index contributed by atoms with van der Waals surface area (Å²) in [4.78, 5) is 14.1. The maximum atomic E-state index is 10.3. The van der Waals surface area contributed by atoms with Crippen molar-refractivity contribution in [2.75, 3.05) is 0 Å². The van der Waals surface area contributed by atoms with Crippen LogP contribution in [0.1, 0.15) is 5.56 Å². The maximum Gasteiger partial charge on any atom is 1.00 e. The quantitative estimate of drug-likeness (QED) is 0.543. The van der Waals surface area contributed by atoms with Crippen LogP contribution >= 0.6 is 0 Å². The first-order chi connectivity index (χ1) is 5.70. The van der Waals surface area contributed by atoms with Crippen molar-refractivity contribution < 1.29 is 28.8 Å². The number of aliphatic carboxylic acids is 1. The monoisotopic (exact) mass is 172 g/mol. The normalized spacial score (nSPS) is 11.5. The van der Waals surface area contributed by atoms with Crippen LogP contribution in [-0.4, -0.2) is 22.1 Å². The Balaban J connectivity index is 0.00000144. The largest absolute Gasteiger partial charge is 1.00 e. The van der Waals surface area contributed by atoms with Crippen LogP contribution in [0.4, 0.5) is 0 Å². The van der Waals surface area contributed by atoms with Crippen LogP contribution in [0.2, 0.25) is 0 Å². The van der Waals surface area contributed by atoms with Gasteiger partial charge in [0.15, 0.2) is 0 Å². The van der Waals surface area contributed by atoms with Gasteiger partial charge in [-0.3, -0.25) is 9.78 Å². The number of rotatable bonds is 3. The van der Waals surface area contributed by atoms with Gasteiger partial charge in [-0.05, 0) is 24.1 Å². The Kier molecular flexibility index (Phi) is 5.40. The summed E-state index contributed by atoms with van der Waals surface area (Å²) in [6.07, 6.45) is 3.40.